The van der Waals surface area contributed by atoms with Crippen LogP contribution in [0.4, 0.5) is 5.69 Å². The molecule has 0 bridgehead atoms. The highest BCUT2D eigenvalue weighted by Gasteiger charge is 2.47. The molecule has 3 aromatic rings. The second-order valence-corrected chi connectivity index (χ2v) is 8.52. The van der Waals surface area contributed by atoms with Crippen LogP contribution in [-0.4, -0.2) is 36.5 Å². The molecule has 8 nitrogen and oxygen atoms in total. The molecule has 3 aromatic carbocycles. The Hall–Kier alpha value is -4.30. The van der Waals surface area contributed by atoms with Crippen molar-refractivity contribution in [2.75, 3.05) is 18.6 Å². The summed E-state index contributed by atoms with van der Waals surface area (Å²) in [6.45, 7) is 3.48. The number of aliphatic hydroxyl groups excluding tert-OH is 1. The minimum absolute atomic E-state index is 0.149. The van der Waals surface area contributed by atoms with Crippen LogP contribution in [0.25, 0.3) is 5.76 Å². The van der Waals surface area contributed by atoms with Gasteiger partial charge >= 0.3 is 5.97 Å². The van der Waals surface area contributed by atoms with Gasteiger partial charge in [0.2, 0.25) is 0 Å². The van der Waals surface area contributed by atoms with Crippen molar-refractivity contribution in [3.63, 3.8) is 0 Å². The number of amides is 1. The van der Waals surface area contributed by atoms with E-state index in [0.717, 1.165) is 0 Å². The summed E-state index contributed by atoms with van der Waals surface area (Å²) in [5, 5.41) is 11.6. The van der Waals surface area contributed by atoms with Crippen LogP contribution in [0.2, 0.25) is 5.02 Å². The van der Waals surface area contributed by atoms with Crippen molar-refractivity contribution in [2.24, 2.45) is 0 Å². The number of Topliss-reactive ketones (excluding diaryl/α,β-unsaturated/α-hetero) is 1. The molecule has 1 atom stereocenters. The Morgan fingerprint density at radius 2 is 1.70 bits per heavy atom. The van der Waals surface area contributed by atoms with E-state index in [9.17, 15) is 19.5 Å². The van der Waals surface area contributed by atoms with Crippen molar-refractivity contribution < 1.29 is 33.7 Å². The van der Waals surface area contributed by atoms with Crippen LogP contribution in [0.3, 0.4) is 0 Å². The van der Waals surface area contributed by atoms with Gasteiger partial charge in [0.1, 0.15) is 23.0 Å². The van der Waals surface area contributed by atoms with Crippen molar-refractivity contribution in [3.05, 3.63) is 88.5 Å². The molecule has 0 aliphatic carbocycles. The number of nitrogens with zero attached hydrogens (tertiary/aromatic N) is 1. The number of carbonyl (C=O) groups is 3. The Bertz CT molecular complexity index is 1400. The molecule has 0 saturated carbocycles. The van der Waals surface area contributed by atoms with Crippen LogP contribution in [0.5, 0.6) is 17.2 Å². The second-order valence-electron chi connectivity index (χ2n) is 8.11. The molecule has 1 amide bonds. The monoisotopic (exact) mass is 521 g/mol. The highest BCUT2D eigenvalue weighted by Crippen LogP contribution is 2.44. The van der Waals surface area contributed by atoms with E-state index in [-0.39, 0.29) is 16.2 Å². The molecule has 1 aliphatic heterocycles. The predicted molar refractivity (Wildman–Crippen MR) is 138 cm³/mol. The van der Waals surface area contributed by atoms with Crippen LogP contribution in [0.1, 0.15) is 31.0 Å². The van der Waals surface area contributed by atoms with E-state index in [1.165, 1.54) is 25.0 Å². The summed E-state index contributed by atoms with van der Waals surface area (Å²) >= 11 is 6.39. The minimum atomic E-state index is -1.01. The lowest BCUT2D eigenvalue weighted by Crippen LogP contribution is -2.29. The van der Waals surface area contributed by atoms with Crippen molar-refractivity contribution in [3.8, 4) is 17.2 Å². The predicted octanol–water partition coefficient (Wildman–Crippen LogP) is 5.30. The normalized spacial score (nSPS) is 16.5. The van der Waals surface area contributed by atoms with Gasteiger partial charge in [-0.2, -0.15) is 0 Å². The SMILES string of the molecule is CCOc1ccc(Cl)c(/C(O)=C2\C(=O)C(=O)N(c3cccc(OC)c3)C2c2ccc(OC(C)=O)cc2)c1. The summed E-state index contributed by atoms with van der Waals surface area (Å²) in [6, 6.07) is 16.7. The van der Waals surface area contributed by atoms with Crippen LogP contribution in [0.15, 0.2) is 72.3 Å². The Morgan fingerprint density at radius 1 is 1.00 bits per heavy atom. The van der Waals surface area contributed by atoms with E-state index in [0.29, 0.717) is 35.1 Å². The van der Waals surface area contributed by atoms with Crippen molar-refractivity contribution in [1.82, 2.24) is 0 Å². The lowest BCUT2D eigenvalue weighted by molar-refractivity contribution is -0.132. The molecule has 37 heavy (non-hydrogen) atoms. The van der Waals surface area contributed by atoms with Crippen LogP contribution >= 0.6 is 11.6 Å². The Kier molecular flexibility index (Phi) is 7.50. The molecule has 0 spiro atoms. The first-order valence-electron chi connectivity index (χ1n) is 11.4. The second kappa shape index (κ2) is 10.8. The zero-order valence-electron chi connectivity index (χ0n) is 20.4. The summed E-state index contributed by atoms with van der Waals surface area (Å²) in [5.74, 6) is -1.42. The molecule has 1 N–H and O–H groups in total. The van der Waals surface area contributed by atoms with Crippen molar-refractivity contribution >= 4 is 40.7 Å². The number of benzene rings is 3. The molecule has 1 fully saturated rings. The molecule has 190 valence electrons. The van der Waals surface area contributed by atoms with Gasteiger partial charge in [-0.1, -0.05) is 29.8 Å². The molecule has 1 saturated heterocycles. The highest BCUT2D eigenvalue weighted by atomic mass is 35.5. The van der Waals surface area contributed by atoms with E-state index >= 15 is 0 Å². The molecule has 0 radical (unpaired) electrons. The standard InChI is InChI=1S/C28H24ClNO7/c1-4-36-21-12-13-23(29)22(15-21)26(32)24-25(17-8-10-19(11-9-17)37-16(2)31)30(28(34)27(24)33)18-6-5-7-20(14-18)35-3/h5-15,25,32H,4H2,1-3H3/b26-24+. The fraction of sp³-hybridized carbons (Fsp3) is 0.179. The third-order valence-corrected chi connectivity index (χ3v) is 6.07. The first-order chi connectivity index (χ1) is 17.7. The zero-order valence-corrected chi connectivity index (χ0v) is 21.1. The number of aliphatic hydroxyl groups is 1. The number of methoxy groups -OCH3 is 1. The van der Waals surface area contributed by atoms with E-state index in [4.69, 9.17) is 25.8 Å². The van der Waals surface area contributed by atoms with Gasteiger partial charge in [-0.3, -0.25) is 19.3 Å². The van der Waals surface area contributed by atoms with Crippen LogP contribution in [-0.2, 0) is 14.4 Å². The fourth-order valence-corrected chi connectivity index (χ4v) is 4.35. The zero-order chi connectivity index (χ0) is 26.7. The van der Waals surface area contributed by atoms with Gasteiger partial charge < -0.3 is 19.3 Å². The summed E-state index contributed by atoms with van der Waals surface area (Å²) in [6.07, 6.45) is 0. The smallest absolute Gasteiger partial charge is 0.308 e. The number of ether oxygens (including phenoxy) is 3. The van der Waals surface area contributed by atoms with Gasteiger partial charge in [-0.25, -0.2) is 0 Å². The first kappa shape index (κ1) is 25.8. The van der Waals surface area contributed by atoms with Gasteiger partial charge in [-0.05, 0) is 55.0 Å². The molecular weight excluding hydrogens is 498 g/mol. The average molecular weight is 522 g/mol. The Morgan fingerprint density at radius 3 is 2.35 bits per heavy atom. The van der Waals surface area contributed by atoms with Gasteiger partial charge in [0.05, 0.1) is 30.4 Å². The van der Waals surface area contributed by atoms with E-state index in [2.05, 4.69) is 0 Å². The third kappa shape index (κ3) is 5.15. The first-order valence-corrected chi connectivity index (χ1v) is 11.8. The number of rotatable bonds is 7. The van der Waals surface area contributed by atoms with Crippen LogP contribution < -0.4 is 19.1 Å². The molecule has 0 aromatic heterocycles. The molecule has 1 heterocycles. The topological polar surface area (TPSA) is 102 Å². The number of carbonyl (C=O) groups excluding carboxylic acids is 3. The number of hydrogen-bond donors (Lipinski definition) is 1. The highest BCUT2D eigenvalue weighted by molar-refractivity contribution is 6.52. The number of hydrogen-bond acceptors (Lipinski definition) is 7. The Labute approximate surface area is 218 Å². The molecular formula is C28H24ClNO7. The van der Waals surface area contributed by atoms with Crippen molar-refractivity contribution in [2.45, 2.75) is 19.9 Å². The number of halogens is 1. The maximum absolute atomic E-state index is 13.4. The molecule has 1 aliphatic rings. The third-order valence-electron chi connectivity index (χ3n) is 5.74. The van der Waals surface area contributed by atoms with Gasteiger partial charge in [0.25, 0.3) is 11.7 Å². The minimum Gasteiger partial charge on any atom is -0.507 e. The van der Waals surface area contributed by atoms with Crippen molar-refractivity contribution in [1.29, 1.82) is 0 Å². The fourth-order valence-electron chi connectivity index (χ4n) is 4.15. The summed E-state index contributed by atoms with van der Waals surface area (Å²) in [5.41, 5.74) is 0.890. The molecule has 1 unspecified atom stereocenters. The molecule has 9 heteroatoms. The van der Waals surface area contributed by atoms with E-state index in [1.54, 1.807) is 60.7 Å². The lowest BCUT2D eigenvalue weighted by Gasteiger charge is -2.26. The quantitative estimate of drug-likeness (QED) is 0.148. The molecule has 4 rings (SSSR count). The van der Waals surface area contributed by atoms with Gasteiger partial charge in [-0.15, -0.1) is 0 Å². The van der Waals surface area contributed by atoms with Crippen LogP contribution in [0, 0.1) is 0 Å². The van der Waals surface area contributed by atoms with Gasteiger partial charge in [0, 0.05) is 24.2 Å². The maximum atomic E-state index is 13.4. The number of ketones is 1. The van der Waals surface area contributed by atoms with E-state index < -0.39 is 29.5 Å². The summed E-state index contributed by atoms with van der Waals surface area (Å²) < 4.78 is 15.9. The average Bonchev–Trinajstić information content (AvgIpc) is 3.15. The van der Waals surface area contributed by atoms with Gasteiger partial charge in [0.15, 0.2) is 0 Å². The lowest BCUT2D eigenvalue weighted by atomic mass is 9.95. The summed E-state index contributed by atoms with van der Waals surface area (Å²) in [7, 11) is 1.49. The number of esters is 1. The Balaban J connectivity index is 1.92. The number of anilines is 1. The maximum Gasteiger partial charge on any atom is 0.308 e. The van der Waals surface area contributed by atoms with E-state index in [1.807, 2.05) is 6.92 Å². The largest absolute Gasteiger partial charge is 0.507 e. The summed E-state index contributed by atoms with van der Waals surface area (Å²) in [4.78, 5) is 39.4.